The normalized spacial score (nSPS) is 13.0. The molecular formula is C15H19N3O2S. The minimum absolute atomic E-state index is 0.00697. The van der Waals surface area contributed by atoms with Crippen LogP contribution in [0, 0.1) is 13.8 Å². The molecule has 0 amide bonds. The number of hydrogen-bond acceptors (Lipinski definition) is 4. The molecule has 1 heterocycles. The zero-order valence-electron chi connectivity index (χ0n) is 12.3. The van der Waals surface area contributed by atoms with E-state index in [4.69, 9.17) is 5.14 Å². The van der Waals surface area contributed by atoms with Gasteiger partial charge in [0.2, 0.25) is 10.0 Å². The summed E-state index contributed by atoms with van der Waals surface area (Å²) in [6.07, 6.45) is 3.50. The van der Waals surface area contributed by atoms with Gasteiger partial charge in [-0.1, -0.05) is 6.07 Å². The van der Waals surface area contributed by atoms with Crippen molar-refractivity contribution in [2.45, 2.75) is 31.7 Å². The van der Waals surface area contributed by atoms with Gasteiger partial charge in [0.05, 0.1) is 10.9 Å². The minimum atomic E-state index is -3.72. The highest BCUT2D eigenvalue weighted by Crippen LogP contribution is 2.27. The number of primary sulfonamides is 1. The van der Waals surface area contributed by atoms with Crippen molar-refractivity contribution in [3.8, 4) is 0 Å². The van der Waals surface area contributed by atoms with E-state index < -0.39 is 10.0 Å². The largest absolute Gasteiger partial charge is 0.378 e. The monoisotopic (exact) mass is 305 g/mol. The average Bonchev–Trinajstić information content (AvgIpc) is 2.43. The number of sulfonamides is 1. The second-order valence-corrected chi connectivity index (χ2v) is 6.67. The summed E-state index contributed by atoms with van der Waals surface area (Å²) in [5.74, 6) is 0. The number of rotatable bonds is 4. The van der Waals surface area contributed by atoms with E-state index in [2.05, 4.69) is 10.3 Å². The molecule has 0 saturated carbocycles. The third-order valence-corrected chi connectivity index (χ3v) is 4.42. The van der Waals surface area contributed by atoms with Gasteiger partial charge in [-0.05, 0) is 55.7 Å². The molecule has 1 unspecified atom stereocenters. The Labute approximate surface area is 125 Å². The molecule has 1 atom stereocenters. The molecule has 21 heavy (non-hydrogen) atoms. The summed E-state index contributed by atoms with van der Waals surface area (Å²) in [5, 5.41) is 8.54. The first-order valence-electron chi connectivity index (χ1n) is 6.59. The average molecular weight is 305 g/mol. The number of hydrogen-bond donors (Lipinski definition) is 2. The van der Waals surface area contributed by atoms with Gasteiger partial charge in [-0.25, -0.2) is 13.6 Å². The quantitative estimate of drug-likeness (QED) is 0.909. The van der Waals surface area contributed by atoms with E-state index >= 15 is 0 Å². The van der Waals surface area contributed by atoms with Gasteiger partial charge < -0.3 is 5.32 Å². The van der Waals surface area contributed by atoms with E-state index in [1.807, 2.05) is 32.9 Å². The van der Waals surface area contributed by atoms with E-state index in [1.54, 1.807) is 24.5 Å². The van der Waals surface area contributed by atoms with Gasteiger partial charge in [0.1, 0.15) is 0 Å². The molecule has 6 heteroatoms. The van der Waals surface area contributed by atoms with Crippen molar-refractivity contribution in [2.24, 2.45) is 5.14 Å². The summed E-state index contributed by atoms with van der Waals surface area (Å²) in [6, 6.07) is 7.00. The number of anilines is 1. The first-order valence-corrected chi connectivity index (χ1v) is 8.14. The first kappa shape index (κ1) is 15.5. The number of benzene rings is 1. The molecule has 3 N–H and O–H groups in total. The molecule has 0 aliphatic heterocycles. The number of aryl methyl sites for hydroxylation is 1. The summed E-state index contributed by atoms with van der Waals surface area (Å²) in [5.41, 5.74) is 3.66. The van der Waals surface area contributed by atoms with Crippen LogP contribution in [0.15, 0.2) is 41.6 Å². The Morgan fingerprint density at radius 2 is 2.00 bits per heavy atom. The minimum Gasteiger partial charge on any atom is -0.378 e. The van der Waals surface area contributed by atoms with Gasteiger partial charge in [-0.2, -0.15) is 0 Å². The van der Waals surface area contributed by atoms with Gasteiger partial charge in [-0.3, -0.25) is 4.98 Å². The maximum atomic E-state index is 11.5. The van der Waals surface area contributed by atoms with Crippen LogP contribution in [-0.4, -0.2) is 13.4 Å². The lowest BCUT2D eigenvalue weighted by Gasteiger charge is -2.19. The third-order valence-electron chi connectivity index (χ3n) is 3.53. The fraction of sp³-hybridized carbons (Fsp3) is 0.267. The molecule has 2 rings (SSSR count). The molecule has 0 spiro atoms. The van der Waals surface area contributed by atoms with Crippen molar-refractivity contribution in [2.75, 3.05) is 5.32 Å². The van der Waals surface area contributed by atoms with E-state index in [0.29, 0.717) is 0 Å². The van der Waals surface area contributed by atoms with Crippen LogP contribution in [0.3, 0.4) is 0 Å². The maximum Gasteiger partial charge on any atom is 0.238 e. The van der Waals surface area contributed by atoms with Crippen LogP contribution in [0.5, 0.6) is 0 Å². The molecule has 112 valence electrons. The zero-order chi connectivity index (χ0) is 15.6. The molecule has 1 aromatic heterocycles. The van der Waals surface area contributed by atoms with Gasteiger partial charge >= 0.3 is 0 Å². The standard InChI is InChI=1S/C15H19N3O2S/c1-10-7-14(21(16,19)20)8-15(11(10)2)18-12(3)13-5-4-6-17-9-13/h4-9,12,18H,1-3H3,(H2,16,19,20). The number of pyridine rings is 1. The fourth-order valence-corrected chi connectivity index (χ4v) is 2.71. The highest BCUT2D eigenvalue weighted by atomic mass is 32.2. The lowest BCUT2D eigenvalue weighted by atomic mass is 10.1. The molecule has 2 aromatic rings. The van der Waals surface area contributed by atoms with Crippen molar-refractivity contribution in [1.82, 2.24) is 4.98 Å². The number of nitrogens with zero attached hydrogens (tertiary/aromatic N) is 1. The van der Waals surface area contributed by atoms with Crippen LogP contribution < -0.4 is 10.5 Å². The van der Waals surface area contributed by atoms with E-state index in [-0.39, 0.29) is 10.9 Å². The third kappa shape index (κ3) is 3.59. The van der Waals surface area contributed by atoms with Crippen molar-refractivity contribution >= 4 is 15.7 Å². The summed E-state index contributed by atoms with van der Waals surface area (Å²) >= 11 is 0. The molecule has 0 bridgehead atoms. The summed E-state index contributed by atoms with van der Waals surface area (Å²) in [6.45, 7) is 5.81. The van der Waals surface area contributed by atoms with Gasteiger partial charge in [-0.15, -0.1) is 0 Å². The number of nitrogens with one attached hydrogen (secondary N) is 1. The van der Waals surface area contributed by atoms with Crippen LogP contribution >= 0.6 is 0 Å². The van der Waals surface area contributed by atoms with Crippen LogP contribution in [-0.2, 0) is 10.0 Å². The van der Waals surface area contributed by atoms with Gasteiger partial charge in [0.15, 0.2) is 0 Å². The topological polar surface area (TPSA) is 85.1 Å². The lowest BCUT2D eigenvalue weighted by molar-refractivity contribution is 0.597. The molecule has 0 fully saturated rings. The van der Waals surface area contributed by atoms with Crippen LogP contribution in [0.4, 0.5) is 5.69 Å². The van der Waals surface area contributed by atoms with Crippen molar-refractivity contribution in [1.29, 1.82) is 0 Å². The van der Waals surface area contributed by atoms with Gasteiger partial charge in [0.25, 0.3) is 0 Å². The molecular weight excluding hydrogens is 286 g/mol. The summed E-state index contributed by atoms with van der Waals surface area (Å²) in [4.78, 5) is 4.21. The van der Waals surface area contributed by atoms with E-state index in [9.17, 15) is 8.42 Å². The molecule has 5 nitrogen and oxygen atoms in total. The predicted octanol–water partition coefficient (Wildman–Crippen LogP) is 2.52. The predicted molar refractivity (Wildman–Crippen MR) is 83.6 cm³/mol. The smallest absolute Gasteiger partial charge is 0.238 e. The second-order valence-electron chi connectivity index (χ2n) is 5.11. The number of aromatic nitrogens is 1. The molecule has 0 saturated heterocycles. The Morgan fingerprint density at radius 1 is 1.29 bits per heavy atom. The summed E-state index contributed by atoms with van der Waals surface area (Å²) in [7, 11) is -3.72. The van der Waals surface area contributed by atoms with Crippen molar-refractivity contribution in [3.05, 3.63) is 53.3 Å². The molecule has 0 aliphatic rings. The Morgan fingerprint density at radius 3 is 2.57 bits per heavy atom. The first-order chi connectivity index (χ1) is 9.79. The van der Waals surface area contributed by atoms with E-state index in [0.717, 1.165) is 22.4 Å². The van der Waals surface area contributed by atoms with Crippen LogP contribution in [0.1, 0.15) is 29.7 Å². The molecule has 0 aliphatic carbocycles. The SMILES string of the molecule is Cc1cc(S(N)(=O)=O)cc(NC(C)c2cccnc2)c1C. The Kier molecular flexibility index (Phi) is 4.29. The Bertz CT molecular complexity index is 743. The van der Waals surface area contributed by atoms with Crippen LogP contribution in [0.2, 0.25) is 0 Å². The number of nitrogens with two attached hydrogens (primary N) is 1. The van der Waals surface area contributed by atoms with Crippen molar-refractivity contribution in [3.63, 3.8) is 0 Å². The molecule has 0 radical (unpaired) electrons. The molecule has 1 aromatic carbocycles. The highest BCUT2D eigenvalue weighted by Gasteiger charge is 2.14. The Balaban J connectivity index is 2.38. The van der Waals surface area contributed by atoms with Crippen LogP contribution in [0.25, 0.3) is 0 Å². The lowest BCUT2D eigenvalue weighted by Crippen LogP contribution is -2.14. The summed E-state index contributed by atoms with van der Waals surface area (Å²) < 4.78 is 23.1. The zero-order valence-corrected chi connectivity index (χ0v) is 13.1. The highest BCUT2D eigenvalue weighted by molar-refractivity contribution is 7.89. The van der Waals surface area contributed by atoms with Crippen molar-refractivity contribution < 1.29 is 8.42 Å². The second kappa shape index (κ2) is 5.83. The fourth-order valence-electron chi connectivity index (χ4n) is 2.09. The maximum absolute atomic E-state index is 11.5. The van der Waals surface area contributed by atoms with E-state index in [1.165, 1.54) is 0 Å². The van der Waals surface area contributed by atoms with Gasteiger partial charge in [0, 0.05) is 18.1 Å². The Hall–Kier alpha value is -1.92.